The molecule has 0 amide bonds. The quantitative estimate of drug-likeness (QED) is 0.372. The van der Waals surface area contributed by atoms with Gasteiger partial charge in [0.2, 0.25) is 0 Å². The summed E-state index contributed by atoms with van der Waals surface area (Å²) in [5, 5.41) is 0. The monoisotopic (exact) mass is 286 g/mol. The first-order chi connectivity index (χ1) is 1.91. The van der Waals surface area contributed by atoms with Crippen LogP contribution in [0, 0.1) is 0 Å². The Bertz CT molecular complexity index is 20.9. The summed E-state index contributed by atoms with van der Waals surface area (Å²) in [6, 6.07) is 0. The molecule has 30 valence electrons. The van der Waals surface area contributed by atoms with Crippen molar-refractivity contribution in [2.24, 2.45) is 0 Å². The second-order valence-electron chi connectivity index (χ2n) is 0.443. The van der Waals surface area contributed by atoms with Gasteiger partial charge in [0.05, 0.1) is 0 Å². The fraction of sp³-hybridized carbons (Fsp3) is 0.333. The van der Waals surface area contributed by atoms with E-state index in [0.29, 0.717) is 0 Å². The van der Waals surface area contributed by atoms with E-state index in [1.807, 2.05) is 6.08 Å². The van der Waals surface area contributed by atoms with Crippen molar-refractivity contribution in [3.8, 4) is 0 Å². The normalized spacial score (nSPS) is 5.00. The first-order valence-electron chi connectivity index (χ1n) is 1.08. The van der Waals surface area contributed by atoms with Crippen LogP contribution < -0.4 is 0 Å². The summed E-state index contributed by atoms with van der Waals surface area (Å²) < 4.78 is 1.05. The van der Waals surface area contributed by atoms with Crippen LogP contribution in [-0.2, 0) is 0 Å². The zero-order valence-electron chi connectivity index (χ0n) is 2.37. The number of halogens is 1. The van der Waals surface area contributed by atoms with Crippen molar-refractivity contribution < 1.29 is 0 Å². The molecule has 2 heteroatoms. The standard InChI is InChI=1S/C3H5I.In.3H/c1-2-3-4;;;;/h2H,1,3H2;;;;. The molecule has 0 rings (SSSR count). The molecule has 0 aliphatic carbocycles. The van der Waals surface area contributed by atoms with Crippen LogP contribution in [0.4, 0.5) is 0 Å². The minimum atomic E-state index is 0. The molecule has 0 bridgehead atoms. The van der Waals surface area contributed by atoms with E-state index in [1.165, 1.54) is 0 Å². The van der Waals surface area contributed by atoms with Gasteiger partial charge < -0.3 is 0 Å². The number of hydrogen-bond donors (Lipinski definition) is 0. The van der Waals surface area contributed by atoms with Gasteiger partial charge in [0, 0.05) is 4.43 Å². The van der Waals surface area contributed by atoms with Gasteiger partial charge in [0.15, 0.2) is 0 Å². The van der Waals surface area contributed by atoms with Crippen molar-refractivity contribution in [3.05, 3.63) is 12.7 Å². The van der Waals surface area contributed by atoms with Gasteiger partial charge in [-0.05, 0) is 0 Å². The van der Waals surface area contributed by atoms with Gasteiger partial charge in [0.1, 0.15) is 0 Å². The summed E-state index contributed by atoms with van der Waals surface area (Å²) in [4.78, 5) is 0. The number of allylic oxidation sites excluding steroid dienone is 1. The number of hydrogen-bond acceptors (Lipinski definition) is 0. The van der Waals surface area contributed by atoms with E-state index < -0.39 is 0 Å². The molecule has 0 spiro atoms. The number of rotatable bonds is 1. The van der Waals surface area contributed by atoms with Crippen LogP contribution >= 0.6 is 22.6 Å². The van der Waals surface area contributed by atoms with Crippen LogP contribution in [0.2, 0.25) is 0 Å². The predicted molar refractivity (Wildman–Crippen MR) is 39.0 cm³/mol. The molecule has 0 unspecified atom stereocenters. The molecule has 0 atom stereocenters. The summed E-state index contributed by atoms with van der Waals surface area (Å²) in [5.41, 5.74) is 0. The van der Waals surface area contributed by atoms with Crippen molar-refractivity contribution in [1.29, 1.82) is 0 Å². The Morgan fingerprint density at radius 1 is 1.80 bits per heavy atom. The molecule has 0 fully saturated rings. The van der Waals surface area contributed by atoms with Crippen LogP contribution in [0.25, 0.3) is 0 Å². The minimum absolute atomic E-state index is 0. The molecule has 0 aliphatic rings. The van der Waals surface area contributed by atoms with E-state index in [0.717, 1.165) is 4.43 Å². The summed E-state index contributed by atoms with van der Waals surface area (Å²) in [5.74, 6) is 0. The molecule has 0 saturated heterocycles. The zero-order valence-corrected chi connectivity index (χ0v) is 4.53. The van der Waals surface area contributed by atoms with Crippen molar-refractivity contribution in [2.45, 2.75) is 0 Å². The summed E-state index contributed by atoms with van der Waals surface area (Å²) in [6.45, 7) is 3.47. The second kappa shape index (κ2) is 9.02. The van der Waals surface area contributed by atoms with Gasteiger partial charge in [-0.2, -0.15) is 0 Å². The topological polar surface area (TPSA) is 0 Å². The SMILES string of the molecule is C=CCI.[InH3]. The number of alkyl halides is 1. The van der Waals surface area contributed by atoms with Crippen LogP contribution in [0.1, 0.15) is 0 Å². The van der Waals surface area contributed by atoms with E-state index in [-0.39, 0.29) is 25.8 Å². The van der Waals surface area contributed by atoms with Gasteiger partial charge in [-0.3, -0.25) is 0 Å². The van der Waals surface area contributed by atoms with Crippen molar-refractivity contribution >= 4 is 48.4 Å². The van der Waals surface area contributed by atoms with Crippen molar-refractivity contribution in [3.63, 3.8) is 0 Å². The van der Waals surface area contributed by atoms with E-state index in [9.17, 15) is 0 Å². The fourth-order valence-electron chi connectivity index (χ4n) is 0. The molecular formula is C3H8IIn. The van der Waals surface area contributed by atoms with Gasteiger partial charge >= 0.3 is 25.8 Å². The third-order valence-electron chi connectivity index (χ3n) is 0.109. The average molecular weight is 286 g/mol. The molecule has 0 saturated carbocycles. The molecule has 0 aromatic carbocycles. The van der Waals surface area contributed by atoms with Crippen LogP contribution in [-0.4, -0.2) is 30.3 Å². The molecule has 5 heavy (non-hydrogen) atoms. The first-order valence-corrected chi connectivity index (χ1v) is 2.61. The molecule has 0 nitrogen and oxygen atoms in total. The third kappa shape index (κ3) is 10.9. The third-order valence-corrected chi connectivity index (χ3v) is 0.732. The molecule has 0 heterocycles. The van der Waals surface area contributed by atoms with Crippen molar-refractivity contribution in [1.82, 2.24) is 0 Å². The van der Waals surface area contributed by atoms with Gasteiger partial charge in [0.25, 0.3) is 0 Å². The Hall–Kier alpha value is 1.34. The summed E-state index contributed by atoms with van der Waals surface area (Å²) in [6.07, 6.45) is 1.86. The summed E-state index contributed by atoms with van der Waals surface area (Å²) >= 11 is 2.23. The summed E-state index contributed by atoms with van der Waals surface area (Å²) in [7, 11) is 0. The molecule has 0 aromatic rings. The average Bonchev–Trinajstić information content (AvgIpc) is 1.37. The van der Waals surface area contributed by atoms with E-state index >= 15 is 0 Å². The van der Waals surface area contributed by atoms with Gasteiger partial charge in [-0.25, -0.2) is 0 Å². The van der Waals surface area contributed by atoms with Gasteiger partial charge in [-0.1, -0.05) is 28.7 Å². The Labute approximate surface area is 64.9 Å². The first kappa shape index (κ1) is 9.60. The maximum atomic E-state index is 3.47. The van der Waals surface area contributed by atoms with E-state index in [1.54, 1.807) is 0 Å². The van der Waals surface area contributed by atoms with E-state index in [4.69, 9.17) is 0 Å². The Morgan fingerprint density at radius 2 is 2.00 bits per heavy atom. The Morgan fingerprint density at radius 3 is 2.00 bits per heavy atom. The van der Waals surface area contributed by atoms with Crippen LogP contribution in [0.3, 0.4) is 0 Å². The molecule has 0 N–H and O–H groups in total. The van der Waals surface area contributed by atoms with Crippen molar-refractivity contribution in [2.75, 3.05) is 4.43 Å². The van der Waals surface area contributed by atoms with Crippen LogP contribution in [0.5, 0.6) is 0 Å². The maximum absolute atomic E-state index is 3.47. The van der Waals surface area contributed by atoms with E-state index in [2.05, 4.69) is 29.2 Å². The molecular weight excluding hydrogens is 278 g/mol. The molecule has 0 aliphatic heterocycles. The van der Waals surface area contributed by atoms with Crippen LogP contribution in [0.15, 0.2) is 12.7 Å². The predicted octanol–water partition coefficient (Wildman–Crippen LogP) is 0.424. The molecule has 0 aromatic heterocycles. The Balaban J connectivity index is 0. The Kier molecular flexibility index (Phi) is 17.3. The molecule has 0 radical (unpaired) electrons. The fourth-order valence-corrected chi connectivity index (χ4v) is 0. The second-order valence-corrected chi connectivity index (χ2v) is 1.32. The van der Waals surface area contributed by atoms with Gasteiger partial charge in [-0.15, -0.1) is 6.58 Å². The zero-order chi connectivity index (χ0) is 3.41.